The van der Waals surface area contributed by atoms with Crippen molar-refractivity contribution in [1.82, 2.24) is 10.2 Å². The van der Waals surface area contributed by atoms with Crippen LogP contribution in [0.1, 0.15) is 6.92 Å². The molecule has 0 aromatic rings. The van der Waals surface area contributed by atoms with Gasteiger partial charge in [0.25, 0.3) is 0 Å². The molecule has 0 radical (unpaired) electrons. The van der Waals surface area contributed by atoms with Gasteiger partial charge in [-0.1, -0.05) is 6.92 Å². The maximum absolute atomic E-state index is 3.36. The third-order valence-corrected chi connectivity index (χ3v) is 2.14. The molecular weight excluding hydrogens is 112 g/mol. The summed E-state index contributed by atoms with van der Waals surface area (Å²) in [5, 5.41) is 3.36. The Morgan fingerprint density at radius 2 is 2.00 bits per heavy atom. The summed E-state index contributed by atoms with van der Waals surface area (Å²) in [6, 6.07) is 0.755. The predicted molar refractivity (Wildman–Crippen MR) is 39.5 cm³/mol. The van der Waals surface area contributed by atoms with Gasteiger partial charge in [0.05, 0.1) is 0 Å². The molecule has 1 fully saturated rings. The van der Waals surface area contributed by atoms with Gasteiger partial charge in [0.15, 0.2) is 0 Å². The minimum Gasteiger partial charge on any atom is -0.315 e. The van der Waals surface area contributed by atoms with Gasteiger partial charge < -0.3 is 10.2 Å². The fraction of sp³-hybridized carbons (Fsp3) is 1.00. The lowest BCUT2D eigenvalue weighted by Crippen LogP contribution is -2.33. The highest BCUT2D eigenvalue weighted by atomic mass is 15.2. The van der Waals surface area contributed by atoms with Crippen LogP contribution in [0.5, 0.6) is 0 Å². The summed E-state index contributed by atoms with van der Waals surface area (Å²) in [7, 11) is 4.29. The van der Waals surface area contributed by atoms with Crippen molar-refractivity contribution in [3.63, 3.8) is 0 Å². The maximum atomic E-state index is 3.36. The van der Waals surface area contributed by atoms with Crippen molar-refractivity contribution >= 4 is 0 Å². The van der Waals surface area contributed by atoms with Gasteiger partial charge in [0.2, 0.25) is 0 Å². The first-order valence-electron chi connectivity index (χ1n) is 3.59. The van der Waals surface area contributed by atoms with Crippen molar-refractivity contribution in [2.75, 3.05) is 27.2 Å². The average Bonchev–Trinajstić information content (AvgIpc) is 2.13. The van der Waals surface area contributed by atoms with E-state index in [-0.39, 0.29) is 0 Å². The van der Waals surface area contributed by atoms with E-state index in [9.17, 15) is 0 Å². The number of nitrogens with one attached hydrogen (secondary N) is 1. The molecule has 1 rings (SSSR count). The fourth-order valence-electron chi connectivity index (χ4n) is 1.49. The van der Waals surface area contributed by atoms with E-state index in [1.807, 2.05) is 0 Å². The number of nitrogens with zero attached hydrogens (tertiary/aromatic N) is 1. The van der Waals surface area contributed by atoms with E-state index in [4.69, 9.17) is 0 Å². The second kappa shape index (κ2) is 2.67. The van der Waals surface area contributed by atoms with Gasteiger partial charge in [-0.25, -0.2) is 0 Å². The molecule has 9 heavy (non-hydrogen) atoms. The first-order valence-corrected chi connectivity index (χ1v) is 3.59. The number of hydrogen-bond donors (Lipinski definition) is 1. The molecule has 0 aromatic heterocycles. The summed E-state index contributed by atoms with van der Waals surface area (Å²) in [5.74, 6) is 0.819. The minimum absolute atomic E-state index is 0.755. The van der Waals surface area contributed by atoms with Gasteiger partial charge in [-0.3, -0.25) is 0 Å². The Morgan fingerprint density at radius 3 is 2.22 bits per heavy atom. The standard InChI is InChI=1S/C7H16N2/c1-6-4-8-5-7(6)9(2)3/h6-8H,4-5H2,1-3H3. The topological polar surface area (TPSA) is 15.3 Å². The Kier molecular flexibility index (Phi) is 2.09. The van der Waals surface area contributed by atoms with Gasteiger partial charge in [-0.15, -0.1) is 0 Å². The van der Waals surface area contributed by atoms with E-state index in [0.29, 0.717) is 0 Å². The Labute approximate surface area is 57.2 Å². The van der Waals surface area contributed by atoms with Gasteiger partial charge in [-0.2, -0.15) is 0 Å². The number of rotatable bonds is 1. The molecule has 2 heteroatoms. The van der Waals surface area contributed by atoms with Crippen LogP contribution in [0.25, 0.3) is 0 Å². The molecule has 2 atom stereocenters. The van der Waals surface area contributed by atoms with Crippen LogP contribution in [0.2, 0.25) is 0 Å². The van der Waals surface area contributed by atoms with Crippen LogP contribution in [0.3, 0.4) is 0 Å². The molecule has 0 aromatic carbocycles. The van der Waals surface area contributed by atoms with Crippen LogP contribution in [0.4, 0.5) is 0 Å². The van der Waals surface area contributed by atoms with Crippen molar-refractivity contribution in [3.05, 3.63) is 0 Å². The van der Waals surface area contributed by atoms with Crippen LogP contribution < -0.4 is 5.32 Å². The monoisotopic (exact) mass is 128 g/mol. The zero-order valence-corrected chi connectivity index (χ0v) is 6.52. The highest BCUT2D eigenvalue weighted by Crippen LogP contribution is 2.11. The van der Waals surface area contributed by atoms with Crippen LogP contribution in [0, 0.1) is 5.92 Å². The maximum Gasteiger partial charge on any atom is 0.0252 e. The molecule has 1 N–H and O–H groups in total. The number of hydrogen-bond acceptors (Lipinski definition) is 2. The normalized spacial score (nSPS) is 36.0. The largest absolute Gasteiger partial charge is 0.315 e. The second-order valence-corrected chi connectivity index (χ2v) is 3.17. The smallest absolute Gasteiger partial charge is 0.0252 e. The van der Waals surface area contributed by atoms with Crippen molar-refractivity contribution in [1.29, 1.82) is 0 Å². The summed E-state index contributed by atoms with van der Waals surface area (Å²) in [4.78, 5) is 2.30. The van der Waals surface area contributed by atoms with Crippen molar-refractivity contribution in [2.24, 2.45) is 5.92 Å². The van der Waals surface area contributed by atoms with E-state index in [0.717, 1.165) is 18.5 Å². The Morgan fingerprint density at radius 1 is 1.33 bits per heavy atom. The summed E-state index contributed by atoms with van der Waals surface area (Å²) < 4.78 is 0. The molecule has 0 aliphatic carbocycles. The predicted octanol–water partition coefficient (Wildman–Crippen LogP) is 0.156. The quantitative estimate of drug-likeness (QED) is 0.541. The third kappa shape index (κ3) is 1.43. The van der Waals surface area contributed by atoms with Gasteiger partial charge in [-0.05, 0) is 26.6 Å². The Hall–Kier alpha value is -0.0800. The van der Waals surface area contributed by atoms with Crippen LogP contribution in [-0.4, -0.2) is 38.1 Å². The summed E-state index contributed by atoms with van der Waals surface area (Å²) >= 11 is 0. The van der Waals surface area contributed by atoms with Crippen molar-refractivity contribution < 1.29 is 0 Å². The zero-order chi connectivity index (χ0) is 6.85. The zero-order valence-electron chi connectivity index (χ0n) is 6.52. The molecule has 2 nitrogen and oxygen atoms in total. The van der Waals surface area contributed by atoms with Crippen LogP contribution >= 0.6 is 0 Å². The van der Waals surface area contributed by atoms with E-state index >= 15 is 0 Å². The molecule has 1 aliphatic heterocycles. The highest BCUT2D eigenvalue weighted by molar-refractivity contribution is 4.83. The molecule has 54 valence electrons. The van der Waals surface area contributed by atoms with Gasteiger partial charge in [0, 0.05) is 12.6 Å². The summed E-state index contributed by atoms with van der Waals surface area (Å²) in [6.45, 7) is 4.64. The number of likely N-dealkylation sites (N-methyl/N-ethyl adjacent to an activating group) is 1. The SMILES string of the molecule is CC1CNCC1N(C)C. The molecule has 0 amide bonds. The van der Waals surface area contributed by atoms with Gasteiger partial charge >= 0.3 is 0 Å². The first kappa shape index (κ1) is 7.03. The molecule has 1 heterocycles. The lowest BCUT2D eigenvalue weighted by atomic mass is 10.1. The summed E-state index contributed by atoms with van der Waals surface area (Å²) in [6.07, 6.45) is 0. The van der Waals surface area contributed by atoms with E-state index in [1.165, 1.54) is 6.54 Å². The third-order valence-electron chi connectivity index (χ3n) is 2.14. The molecular formula is C7H16N2. The lowest BCUT2D eigenvalue weighted by Gasteiger charge is -2.21. The lowest BCUT2D eigenvalue weighted by molar-refractivity contribution is 0.266. The molecule has 0 bridgehead atoms. The second-order valence-electron chi connectivity index (χ2n) is 3.17. The molecule has 1 saturated heterocycles. The molecule has 0 saturated carbocycles. The Balaban J connectivity index is 2.40. The highest BCUT2D eigenvalue weighted by Gasteiger charge is 2.23. The average molecular weight is 128 g/mol. The van der Waals surface area contributed by atoms with Gasteiger partial charge in [0.1, 0.15) is 0 Å². The molecule has 2 unspecified atom stereocenters. The van der Waals surface area contributed by atoms with Crippen LogP contribution in [0.15, 0.2) is 0 Å². The summed E-state index contributed by atoms with van der Waals surface area (Å²) in [5.41, 5.74) is 0. The Bertz CT molecular complexity index is 90.9. The molecule has 1 aliphatic rings. The van der Waals surface area contributed by atoms with Crippen molar-refractivity contribution in [3.8, 4) is 0 Å². The van der Waals surface area contributed by atoms with E-state index in [2.05, 4.69) is 31.2 Å². The van der Waals surface area contributed by atoms with Crippen molar-refractivity contribution in [2.45, 2.75) is 13.0 Å². The molecule has 0 spiro atoms. The van der Waals surface area contributed by atoms with Crippen LogP contribution in [-0.2, 0) is 0 Å². The fourth-order valence-corrected chi connectivity index (χ4v) is 1.49. The first-order chi connectivity index (χ1) is 4.22. The van der Waals surface area contributed by atoms with E-state index < -0.39 is 0 Å². The minimum atomic E-state index is 0.755. The van der Waals surface area contributed by atoms with E-state index in [1.54, 1.807) is 0 Å².